The van der Waals surface area contributed by atoms with Crippen LogP contribution in [0.2, 0.25) is 0 Å². The summed E-state index contributed by atoms with van der Waals surface area (Å²) in [5, 5.41) is 18.6. The van der Waals surface area contributed by atoms with E-state index < -0.39 is 6.10 Å². The molecule has 0 saturated carbocycles. The first-order valence-electron chi connectivity index (χ1n) is 7.79. The first-order valence-corrected chi connectivity index (χ1v) is 7.79. The molecule has 2 aromatic carbocycles. The van der Waals surface area contributed by atoms with E-state index in [1.165, 1.54) is 0 Å². The van der Waals surface area contributed by atoms with E-state index in [2.05, 4.69) is 0 Å². The maximum Gasteiger partial charge on any atom is 0.203 e. The highest BCUT2D eigenvalue weighted by Crippen LogP contribution is 2.14. The first kappa shape index (κ1) is 18.1. The molecule has 0 aliphatic rings. The zero-order valence-corrected chi connectivity index (χ0v) is 14.4. The zero-order valence-electron chi connectivity index (χ0n) is 13.6. The molecule has 0 saturated heterocycles. The Morgan fingerprint density at radius 1 is 1.00 bits per heavy atom. The number of hydrogen-bond acceptors (Lipinski definition) is 3. The van der Waals surface area contributed by atoms with Crippen molar-refractivity contribution in [2.75, 3.05) is 6.61 Å². The maximum absolute atomic E-state index is 10.3. The molecule has 24 heavy (non-hydrogen) atoms. The zero-order chi connectivity index (χ0) is 16.2. The van der Waals surface area contributed by atoms with Crippen molar-refractivity contribution in [2.45, 2.75) is 26.1 Å². The number of aromatic nitrogens is 2. The Bertz CT molecular complexity index is 842. The highest BCUT2D eigenvalue weighted by Gasteiger charge is 2.13. The Kier molecular flexibility index (Phi) is 6.06. The number of aliphatic hydroxyl groups excluding tert-OH is 1. The second-order valence-electron chi connectivity index (χ2n) is 5.45. The summed E-state index contributed by atoms with van der Waals surface area (Å²) in [6.07, 6.45) is -0.680. The van der Waals surface area contributed by atoms with Crippen LogP contribution in [0.4, 0.5) is 0 Å². The summed E-state index contributed by atoms with van der Waals surface area (Å²) in [5.41, 5.74) is 2.36. The summed E-state index contributed by atoms with van der Waals surface area (Å²) in [4.78, 5) is 0. The van der Waals surface area contributed by atoms with Gasteiger partial charge in [0, 0.05) is 6.54 Å². The first-order chi connectivity index (χ1) is 11.2. The van der Waals surface area contributed by atoms with Crippen molar-refractivity contribution >= 4 is 23.4 Å². The molecule has 3 rings (SSSR count). The van der Waals surface area contributed by atoms with Crippen LogP contribution >= 0.6 is 12.4 Å². The van der Waals surface area contributed by atoms with Gasteiger partial charge < -0.3 is 19.0 Å². The summed E-state index contributed by atoms with van der Waals surface area (Å²) in [5.74, 6) is 0.735. The topological polar surface area (TPSA) is 63.2 Å². The second kappa shape index (κ2) is 8.04. The lowest BCUT2D eigenvalue weighted by Crippen LogP contribution is -2.31. The SMILES string of the molecule is CCn1c(=N)n(CC(O)COc2ccccc2)c2ccccc21.Cl. The van der Waals surface area contributed by atoms with Gasteiger partial charge in [0.2, 0.25) is 5.62 Å². The lowest BCUT2D eigenvalue weighted by molar-refractivity contribution is 0.0921. The molecule has 0 aliphatic carbocycles. The number of aryl methyl sites for hydroxylation is 1. The van der Waals surface area contributed by atoms with Gasteiger partial charge in [0.05, 0.1) is 17.6 Å². The predicted molar refractivity (Wildman–Crippen MR) is 96.6 cm³/mol. The number of ether oxygens (including phenoxy) is 1. The van der Waals surface area contributed by atoms with Gasteiger partial charge in [0.1, 0.15) is 18.5 Å². The van der Waals surface area contributed by atoms with Gasteiger partial charge in [-0.3, -0.25) is 5.41 Å². The van der Waals surface area contributed by atoms with Gasteiger partial charge in [-0.05, 0) is 31.2 Å². The number of nitrogens with zero attached hydrogens (tertiary/aromatic N) is 2. The number of imidazole rings is 1. The van der Waals surface area contributed by atoms with Crippen LogP contribution < -0.4 is 10.4 Å². The third kappa shape index (κ3) is 3.63. The van der Waals surface area contributed by atoms with Gasteiger partial charge in [-0.1, -0.05) is 30.3 Å². The highest BCUT2D eigenvalue weighted by atomic mass is 35.5. The van der Waals surface area contributed by atoms with Gasteiger partial charge in [-0.15, -0.1) is 12.4 Å². The number of nitrogens with one attached hydrogen (secondary N) is 1. The molecule has 5 nitrogen and oxygen atoms in total. The molecular weight excluding hydrogens is 326 g/mol. The van der Waals surface area contributed by atoms with Crippen LogP contribution in [0.1, 0.15) is 6.92 Å². The Labute approximate surface area is 147 Å². The summed E-state index contributed by atoms with van der Waals surface area (Å²) < 4.78 is 9.36. The molecule has 0 bridgehead atoms. The van der Waals surface area contributed by atoms with E-state index in [4.69, 9.17) is 10.1 Å². The maximum atomic E-state index is 10.3. The molecule has 0 fully saturated rings. The molecule has 1 heterocycles. The Hall–Kier alpha value is -2.24. The molecule has 0 radical (unpaired) electrons. The van der Waals surface area contributed by atoms with Crippen molar-refractivity contribution < 1.29 is 9.84 Å². The standard InChI is InChI=1S/C18H21N3O2.ClH/c1-2-20-16-10-6-7-11-17(16)21(18(20)19)12-14(22)13-23-15-8-4-3-5-9-15;/h3-11,14,19,22H,2,12-13H2,1H3;1H. The number of aliphatic hydroxyl groups is 1. The van der Waals surface area contributed by atoms with Crippen molar-refractivity contribution in [1.82, 2.24) is 9.13 Å². The van der Waals surface area contributed by atoms with E-state index in [9.17, 15) is 5.11 Å². The summed E-state index contributed by atoms with van der Waals surface area (Å²) in [6.45, 7) is 3.27. The smallest absolute Gasteiger partial charge is 0.203 e. The summed E-state index contributed by atoms with van der Waals surface area (Å²) in [7, 11) is 0. The van der Waals surface area contributed by atoms with E-state index in [0.29, 0.717) is 12.2 Å². The van der Waals surface area contributed by atoms with Crippen molar-refractivity contribution in [3.8, 4) is 5.75 Å². The minimum atomic E-state index is -0.680. The Balaban J connectivity index is 0.00000208. The average molecular weight is 348 g/mol. The number of rotatable bonds is 6. The third-order valence-corrected chi connectivity index (χ3v) is 3.87. The van der Waals surface area contributed by atoms with Crippen LogP contribution in [0.3, 0.4) is 0 Å². The summed E-state index contributed by atoms with van der Waals surface area (Å²) >= 11 is 0. The molecule has 1 aromatic heterocycles. The van der Waals surface area contributed by atoms with E-state index >= 15 is 0 Å². The highest BCUT2D eigenvalue weighted by molar-refractivity contribution is 5.85. The quantitative estimate of drug-likeness (QED) is 0.720. The van der Waals surface area contributed by atoms with Crippen molar-refractivity contribution in [3.63, 3.8) is 0 Å². The van der Waals surface area contributed by atoms with Crippen LogP contribution in [-0.2, 0) is 13.1 Å². The molecule has 0 aliphatic heterocycles. The second-order valence-corrected chi connectivity index (χ2v) is 5.45. The average Bonchev–Trinajstić information content (AvgIpc) is 2.85. The van der Waals surface area contributed by atoms with Gasteiger partial charge in [-0.2, -0.15) is 0 Å². The number of fused-ring (bicyclic) bond motifs is 1. The number of hydrogen-bond donors (Lipinski definition) is 2. The predicted octanol–water partition coefficient (Wildman–Crippen LogP) is 2.80. The number of para-hydroxylation sites is 3. The monoisotopic (exact) mass is 347 g/mol. The van der Waals surface area contributed by atoms with Gasteiger partial charge in [-0.25, -0.2) is 0 Å². The number of benzene rings is 2. The van der Waals surface area contributed by atoms with Gasteiger partial charge in [0.15, 0.2) is 0 Å². The van der Waals surface area contributed by atoms with Crippen LogP contribution in [0.15, 0.2) is 54.6 Å². The molecule has 6 heteroatoms. The van der Waals surface area contributed by atoms with Crippen molar-refractivity contribution in [3.05, 3.63) is 60.2 Å². The van der Waals surface area contributed by atoms with Crippen LogP contribution in [-0.4, -0.2) is 27.0 Å². The summed E-state index contributed by atoms with van der Waals surface area (Å²) in [6, 6.07) is 17.3. The van der Waals surface area contributed by atoms with Crippen LogP contribution in [0, 0.1) is 5.41 Å². The minimum absolute atomic E-state index is 0. The Morgan fingerprint density at radius 2 is 1.58 bits per heavy atom. The molecular formula is C18H22ClN3O2. The molecule has 1 unspecified atom stereocenters. The van der Waals surface area contributed by atoms with Crippen LogP contribution in [0.5, 0.6) is 5.75 Å². The van der Waals surface area contributed by atoms with Crippen molar-refractivity contribution in [1.29, 1.82) is 5.41 Å². The lowest BCUT2D eigenvalue weighted by atomic mass is 10.3. The minimum Gasteiger partial charge on any atom is -0.491 e. The lowest BCUT2D eigenvalue weighted by Gasteiger charge is -2.13. The largest absolute Gasteiger partial charge is 0.491 e. The van der Waals surface area contributed by atoms with E-state index in [1.54, 1.807) is 0 Å². The van der Waals surface area contributed by atoms with Gasteiger partial charge >= 0.3 is 0 Å². The molecule has 128 valence electrons. The molecule has 2 N–H and O–H groups in total. The fourth-order valence-corrected chi connectivity index (χ4v) is 2.77. The normalized spacial score (nSPS) is 11.9. The third-order valence-electron chi connectivity index (χ3n) is 3.87. The molecule has 0 amide bonds. The van der Waals surface area contributed by atoms with Crippen molar-refractivity contribution in [2.24, 2.45) is 0 Å². The van der Waals surface area contributed by atoms with E-state index in [1.807, 2.05) is 70.7 Å². The number of halogens is 1. The van der Waals surface area contributed by atoms with Gasteiger partial charge in [0.25, 0.3) is 0 Å². The van der Waals surface area contributed by atoms with E-state index in [-0.39, 0.29) is 19.0 Å². The molecule has 0 spiro atoms. The Morgan fingerprint density at radius 3 is 2.21 bits per heavy atom. The van der Waals surface area contributed by atoms with Crippen LogP contribution in [0.25, 0.3) is 11.0 Å². The molecule has 3 aromatic rings. The fraction of sp³-hybridized carbons (Fsp3) is 0.278. The fourth-order valence-electron chi connectivity index (χ4n) is 2.77. The van der Waals surface area contributed by atoms with E-state index in [0.717, 1.165) is 23.3 Å². The molecule has 1 atom stereocenters.